The Labute approximate surface area is 101 Å². The number of hydrazine groups is 1. The summed E-state index contributed by atoms with van der Waals surface area (Å²) in [6.07, 6.45) is 2.87. The van der Waals surface area contributed by atoms with Crippen molar-refractivity contribution in [3.8, 4) is 5.82 Å². The number of halogens is 1. The van der Waals surface area contributed by atoms with Crippen LogP contribution in [0.4, 0.5) is 5.95 Å². The van der Waals surface area contributed by atoms with Crippen molar-refractivity contribution in [2.24, 2.45) is 11.6 Å². The summed E-state index contributed by atoms with van der Waals surface area (Å²) >= 11 is 5.91. The summed E-state index contributed by atoms with van der Waals surface area (Å²) in [5.74, 6) is 5.02. The van der Waals surface area contributed by atoms with Crippen LogP contribution in [0.5, 0.6) is 0 Å². The third-order valence-corrected chi connectivity index (χ3v) is 2.18. The molecule has 0 saturated heterocycles. The summed E-state index contributed by atoms with van der Waals surface area (Å²) in [6.45, 7) is 0. The molecule has 0 unspecified atom stereocenters. The lowest BCUT2D eigenvalue weighted by atomic mass is 10.4. The Morgan fingerprint density at radius 2 is 2.29 bits per heavy atom. The molecular formula is C8H8ClN7O. The number of nitrogens with two attached hydrogens (primary N) is 2. The summed E-state index contributed by atoms with van der Waals surface area (Å²) in [5.41, 5.74) is 7.48. The van der Waals surface area contributed by atoms with Crippen LogP contribution in [-0.4, -0.2) is 25.7 Å². The van der Waals surface area contributed by atoms with Crippen LogP contribution in [0.1, 0.15) is 10.5 Å². The molecule has 0 aromatic carbocycles. The normalized spacial score (nSPS) is 10.2. The second kappa shape index (κ2) is 4.36. The van der Waals surface area contributed by atoms with Gasteiger partial charge in [-0.05, 0) is 6.07 Å². The van der Waals surface area contributed by atoms with Crippen molar-refractivity contribution >= 4 is 23.5 Å². The monoisotopic (exact) mass is 253 g/mol. The van der Waals surface area contributed by atoms with E-state index in [1.165, 1.54) is 23.1 Å². The highest BCUT2D eigenvalue weighted by atomic mass is 35.5. The van der Waals surface area contributed by atoms with Crippen LogP contribution < -0.4 is 17.0 Å². The van der Waals surface area contributed by atoms with Crippen molar-refractivity contribution in [2.75, 3.05) is 5.43 Å². The zero-order valence-electron chi connectivity index (χ0n) is 8.46. The standard InChI is InChI=1S/C8H8ClN7O/c9-4-3-12-8(14-11)13-7(4)16-2-1-5(15-16)6(10)17/h1-3H,11H2,(H2,10,17)(H,12,13,14). The molecule has 2 rings (SSSR count). The van der Waals surface area contributed by atoms with Gasteiger partial charge in [0.15, 0.2) is 5.82 Å². The van der Waals surface area contributed by atoms with Gasteiger partial charge in [-0.2, -0.15) is 10.1 Å². The smallest absolute Gasteiger partial charge is 0.269 e. The second-order valence-electron chi connectivity index (χ2n) is 3.02. The molecule has 2 aromatic rings. The molecule has 0 bridgehead atoms. The summed E-state index contributed by atoms with van der Waals surface area (Å²) in [5, 5.41) is 4.18. The van der Waals surface area contributed by atoms with E-state index in [1.807, 2.05) is 0 Å². The highest BCUT2D eigenvalue weighted by Crippen LogP contribution is 2.17. The minimum Gasteiger partial charge on any atom is -0.364 e. The first-order valence-electron chi connectivity index (χ1n) is 4.47. The van der Waals surface area contributed by atoms with E-state index < -0.39 is 5.91 Å². The minimum absolute atomic E-state index is 0.113. The average Bonchev–Trinajstić information content (AvgIpc) is 2.79. The van der Waals surface area contributed by atoms with Gasteiger partial charge in [0.05, 0.1) is 6.20 Å². The van der Waals surface area contributed by atoms with Crippen molar-refractivity contribution in [2.45, 2.75) is 0 Å². The molecule has 2 heterocycles. The predicted octanol–water partition coefficient (Wildman–Crippen LogP) is -0.300. The molecule has 2 aromatic heterocycles. The van der Waals surface area contributed by atoms with E-state index in [1.54, 1.807) is 0 Å². The van der Waals surface area contributed by atoms with Crippen LogP contribution in [0.3, 0.4) is 0 Å². The molecule has 8 nitrogen and oxygen atoms in total. The third-order valence-electron chi connectivity index (χ3n) is 1.91. The predicted molar refractivity (Wildman–Crippen MR) is 60.5 cm³/mol. The highest BCUT2D eigenvalue weighted by Gasteiger charge is 2.11. The third kappa shape index (κ3) is 2.17. The molecule has 0 aliphatic heterocycles. The molecule has 0 atom stereocenters. The highest BCUT2D eigenvalue weighted by molar-refractivity contribution is 6.32. The SMILES string of the molecule is NNc1ncc(Cl)c(-n2ccc(C(N)=O)n2)n1. The zero-order chi connectivity index (χ0) is 12.4. The topological polar surface area (TPSA) is 125 Å². The van der Waals surface area contributed by atoms with E-state index in [0.29, 0.717) is 5.82 Å². The lowest BCUT2D eigenvalue weighted by Crippen LogP contribution is -2.14. The first-order chi connectivity index (χ1) is 8.11. The maximum atomic E-state index is 10.9. The molecule has 1 amide bonds. The van der Waals surface area contributed by atoms with Gasteiger partial charge in [0.1, 0.15) is 10.7 Å². The fourth-order valence-corrected chi connectivity index (χ4v) is 1.34. The van der Waals surface area contributed by atoms with Gasteiger partial charge in [0.2, 0.25) is 5.95 Å². The average molecular weight is 254 g/mol. The molecule has 0 aliphatic carbocycles. The fourth-order valence-electron chi connectivity index (χ4n) is 1.16. The van der Waals surface area contributed by atoms with Crippen LogP contribution in [0, 0.1) is 0 Å². The van der Waals surface area contributed by atoms with Crippen molar-refractivity contribution in [1.82, 2.24) is 19.7 Å². The molecule has 0 spiro atoms. The Morgan fingerprint density at radius 3 is 2.88 bits per heavy atom. The Balaban J connectivity index is 2.47. The van der Waals surface area contributed by atoms with Crippen molar-refractivity contribution in [3.05, 3.63) is 29.2 Å². The van der Waals surface area contributed by atoms with E-state index in [4.69, 9.17) is 23.2 Å². The number of rotatable bonds is 3. The maximum absolute atomic E-state index is 10.9. The van der Waals surface area contributed by atoms with Crippen molar-refractivity contribution in [3.63, 3.8) is 0 Å². The Bertz CT molecular complexity index is 567. The molecule has 17 heavy (non-hydrogen) atoms. The van der Waals surface area contributed by atoms with Crippen LogP contribution >= 0.6 is 11.6 Å². The van der Waals surface area contributed by atoms with Gasteiger partial charge in [0, 0.05) is 6.20 Å². The van der Waals surface area contributed by atoms with E-state index >= 15 is 0 Å². The number of carbonyl (C=O) groups excluding carboxylic acids is 1. The largest absolute Gasteiger partial charge is 0.364 e. The molecular weight excluding hydrogens is 246 g/mol. The lowest BCUT2D eigenvalue weighted by molar-refractivity contribution is 0.0995. The van der Waals surface area contributed by atoms with E-state index in [-0.39, 0.29) is 16.7 Å². The first-order valence-corrected chi connectivity index (χ1v) is 4.84. The molecule has 0 aliphatic rings. The fraction of sp³-hybridized carbons (Fsp3) is 0. The number of primary amides is 1. The Hall–Kier alpha value is -2.19. The van der Waals surface area contributed by atoms with Crippen LogP contribution in [0.25, 0.3) is 5.82 Å². The van der Waals surface area contributed by atoms with Crippen LogP contribution in [0.2, 0.25) is 5.02 Å². The zero-order valence-corrected chi connectivity index (χ0v) is 9.22. The number of nitrogens with zero attached hydrogens (tertiary/aromatic N) is 4. The molecule has 9 heteroatoms. The Morgan fingerprint density at radius 1 is 1.53 bits per heavy atom. The van der Waals surface area contributed by atoms with Gasteiger partial charge < -0.3 is 5.73 Å². The molecule has 5 N–H and O–H groups in total. The number of hydrogen-bond acceptors (Lipinski definition) is 6. The van der Waals surface area contributed by atoms with Gasteiger partial charge in [-0.25, -0.2) is 15.5 Å². The van der Waals surface area contributed by atoms with Gasteiger partial charge in [-0.1, -0.05) is 11.6 Å². The summed E-state index contributed by atoms with van der Waals surface area (Å²) in [6, 6.07) is 1.45. The van der Waals surface area contributed by atoms with Crippen LogP contribution in [0.15, 0.2) is 18.5 Å². The van der Waals surface area contributed by atoms with Gasteiger partial charge in [0.25, 0.3) is 5.91 Å². The number of hydrogen-bond donors (Lipinski definition) is 3. The molecule has 88 valence electrons. The van der Waals surface area contributed by atoms with Crippen molar-refractivity contribution in [1.29, 1.82) is 0 Å². The summed E-state index contributed by atoms with van der Waals surface area (Å²) in [4.78, 5) is 18.7. The number of carbonyl (C=O) groups is 1. The first kappa shape index (κ1) is 11.3. The number of amides is 1. The minimum atomic E-state index is -0.633. The lowest BCUT2D eigenvalue weighted by Gasteiger charge is -2.04. The molecule has 0 fully saturated rings. The maximum Gasteiger partial charge on any atom is 0.269 e. The number of aromatic nitrogens is 4. The summed E-state index contributed by atoms with van der Waals surface area (Å²) in [7, 11) is 0. The summed E-state index contributed by atoms with van der Waals surface area (Å²) < 4.78 is 1.31. The van der Waals surface area contributed by atoms with E-state index in [9.17, 15) is 4.79 Å². The van der Waals surface area contributed by atoms with Crippen LogP contribution in [-0.2, 0) is 0 Å². The molecule has 0 saturated carbocycles. The van der Waals surface area contributed by atoms with E-state index in [0.717, 1.165) is 0 Å². The van der Waals surface area contributed by atoms with Crippen molar-refractivity contribution < 1.29 is 4.79 Å². The van der Waals surface area contributed by atoms with Gasteiger partial charge in [-0.15, -0.1) is 0 Å². The Kier molecular flexibility index (Phi) is 2.90. The number of nitrogens with one attached hydrogen (secondary N) is 1. The quantitative estimate of drug-likeness (QED) is 0.509. The van der Waals surface area contributed by atoms with Gasteiger partial charge in [-0.3, -0.25) is 10.2 Å². The second-order valence-corrected chi connectivity index (χ2v) is 3.43. The number of anilines is 1. The van der Waals surface area contributed by atoms with E-state index in [2.05, 4.69) is 20.5 Å². The number of nitrogen functional groups attached to an aromatic ring is 1. The molecule has 0 radical (unpaired) electrons. The van der Waals surface area contributed by atoms with Gasteiger partial charge >= 0.3 is 0 Å².